The Bertz CT molecular complexity index is 753. The van der Waals surface area contributed by atoms with E-state index in [1.54, 1.807) is 28.6 Å². The Morgan fingerprint density at radius 2 is 2.05 bits per heavy atom. The molecule has 5 nitrogen and oxygen atoms in total. The van der Waals surface area contributed by atoms with Crippen molar-refractivity contribution in [2.75, 3.05) is 6.54 Å². The summed E-state index contributed by atoms with van der Waals surface area (Å²) in [6.45, 7) is 4.41. The predicted molar refractivity (Wildman–Crippen MR) is 82.9 cm³/mol. The van der Waals surface area contributed by atoms with Gasteiger partial charge in [-0.3, -0.25) is 0 Å². The lowest BCUT2D eigenvalue weighted by Gasteiger charge is -2.24. The average molecular weight is 320 g/mol. The molecule has 22 heavy (non-hydrogen) atoms. The monoisotopic (exact) mass is 320 g/mol. The molecular weight excluding hydrogens is 300 g/mol. The van der Waals surface area contributed by atoms with Crippen LogP contribution in [-0.2, 0) is 16.4 Å². The van der Waals surface area contributed by atoms with Crippen LogP contribution in [0.5, 0.6) is 0 Å². The summed E-state index contributed by atoms with van der Waals surface area (Å²) in [6, 6.07) is 8.43. The van der Waals surface area contributed by atoms with E-state index in [0.29, 0.717) is 17.9 Å². The van der Waals surface area contributed by atoms with Gasteiger partial charge in [-0.15, -0.1) is 0 Å². The van der Waals surface area contributed by atoms with E-state index in [1.165, 1.54) is 0 Å². The van der Waals surface area contributed by atoms with Crippen LogP contribution in [-0.4, -0.2) is 24.4 Å². The summed E-state index contributed by atoms with van der Waals surface area (Å²) in [5.74, 6) is 0.790. The van der Waals surface area contributed by atoms with Gasteiger partial charge in [0.05, 0.1) is 16.6 Å². The maximum Gasteiger partial charge on any atom is 0.243 e. The third-order valence-corrected chi connectivity index (χ3v) is 6.11. The molecule has 0 bridgehead atoms. The molecule has 0 amide bonds. The topological polar surface area (TPSA) is 63.4 Å². The molecule has 0 unspecified atom stereocenters. The van der Waals surface area contributed by atoms with Gasteiger partial charge in [0.15, 0.2) is 0 Å². The summed E-state index contributed by atoms with van der Waals surface area (Å²) in [5, 5.41) is 4.02. The molecule has 1 aromatic heterocycles. The Hall–Kier alpha value is -1.66. The first-order valence-electron chi connectivity index (χ1n) is 7.57. The van der Waals surface area contributed by atoms with Crippen LogP contribution in [0.1, 0.15) is 42.8 Å². The van der Waals surface area contributed by atoms with Gasteiger partial charge in [0.2, 0.25) is 10.0 Å². The molecule has 3 rings (SSSR count). The van der Waals surface area contributed by atoms with Crippen molar-refractivity contribution in [3.63, 3.8) is 0 Å². The number of sulfonamides is 1. The van der Waals surface area contributed by atoms with E-state index in [-0.39, 0.29) is 6.04 Å². The molecule has 0 aliphatic carbocycles. The van der Waals surface area contributed by atoms with Gasteiger partial charge in [-0.1, -0.05) is 30.3 Å². The van der Waals surface area contributed by atoms with Gasteiger partial charge in [-0.05, 0) is 31.9 Å². The van der Waals surface area contributed by atoms with E-state index in [0.717, 1.165) is 29.9 Å². The number of nitrogens with zero attached hydrogens (tertiary/aromatic N) is 2. The van der Waals surface area contributed by atoms with E-state index in [2.05, 4.69) is 5.16 Å². The van der Waals surface area contributed by atoms with Gasteiger partial charge in [0.25, 0.3) is 0 Å². The normalized spacial score (nSPS) is 19.6. The smallest absolute Gasteiger partial charge is 0.243 e. The number of aryl methyl sites for hydroxylation is 2. The summed E-state index contributed by atoms with van der Waals surface area (Å²) in [4.78, 5) is 0.342. The predicted octanol–water partition coefficient (Wildman–Crippen LogP) is 3.07. The highest BCUT2D eigenvalue weighted by molar-refractivity contribution is 7.89. The molecule has 2 aromatic rings. The maximum absolute atomic E-state index is 12.9. The van der Waals surface area contributed by atoms with Gasteiger partial charge in [0, 0.05) is 18.5 Å². The van der Waals surface area contributed by atoms with Crippen molar-refractivity contribution in [2.24, 2.45) is 0 Å². The second kappa shape index (κ2) is 5.85. The van der Waals surface area contributed by atoms with Gasteiger partial charge < -0.3 is 4.52 Å². The van der Waals surface area contributed by atoms with Crippen LogP contribution in [0, 0.1) is 6.92 Å². The molecule has 1 fully saturated rings. The number of hydrogen-bond donors (Lipinski definition) is 0. The Morgan fingerprint density at radius 3 is 2.73 bits per heavy atom. The van der Waals surface area contributed by atoms with E-state index in [9.17, 15) is 8.42 Å². The molecule has 1 saturated heterocycles. The fraction of sp³-hybridized carbons (Fsp3) is 0.438. The fourth-order valence-electron chi connectivity index (χ4n) is 3.15. The van der Waals surface area contributed by atoms with Gasteiger partial charge >= 0.3 is 0 Å². The zero-order chi connectivity index (χ0) is 15.7. The molecule has 118 valence electrons. The van der Waals surface area contributed by atoms with Crippen LogP contribution in [0.3, 0.4) is 0 Å². The lowest BCUT2D eigenvalue weighted by Crippen LogP contribution is -2.31. The van der Waals surface area contributed by atoms with E-state index >= 15 is 0 Å². The summed E-state index contributed by atoms with van der Waals surface area (Å²) >= 11 is 0. The molecule has 0 radical (unpaired) electrons. The minimum Gasteiger partial charge on any atom is -0.361 e. The molecule has 2 heterocycles. The Balaban J connectivity index is 2.02. The third-order valence-electron chi connectivity index (χ3n) is 4.19. The first kappa shape index (κ1) is 15.2. The highest BCUT2D eigenvalue weighted by Crippen LogP contribution is 2.39. The van der Waals surface area contributed by atoms with Crippen LogP contribution in [0.15, 0.2) is 39.8 Å². The molecule has 0 N–H and O–H groups in total. The van der Waals surface area contributed by atoms with Crippen LogP contribution >= 0.6 is 0 Å². The number of rotatable bonds is 4. The first-order valence-corrected chi connectivity index (χ1v) is 9.01. The fourth-order valence-corrected chi connectivity index (χ4v) is 4.84. The second-order valence-electron chi connectivity index (χ2n) is 5.55. The summed E-state index contributed by atoms with van der Waals surface area (Å²) in [5.41, 5.74) is 1.73. The molecule has 1 atom stereocenters. The van der Waals surface area contributed by atoms with Crippen LogP contribution < -0.4 is 0 Å². The summed E-state index contributed by atoms with van der Waals surface area (Å²) in [6.07, 6.45) is 2.37. The van der Waals surface area contributed by atoms with Gasteiger partial charge in [-0.2, -0.15) is 4.31 Å². The van der Waals surface area contributed by atoms with Crippen molar-refractivity contribution in [1.29, 1.82) is 0 Å². The minimum absolute atomic E-state index is 0.175. The average Bonchev–Trinajstić information content (AvgIpc) is 3.14. The number of aromatic nitrogens is 1. The molecule has 1 aromatic carbocycles. The molecule has 0 saturated carbocycles. The second-order valence-corrected chi connectivity index (χ2v) is 7.44. The summed E-state index contributed by atoms with van der Waals surface area (Å²) in [7, 11) is -3.49. The highest BCUT2D eigenvalue weighted by Gasteiger charge is 2.39. The van der Waals surface area contributed by atoms with E-state index in [1.807, 2.05) is 19.9 Å². The van der Waals surface area contributed by atoms with Crippen molar-refractivity contribution in [1.82, 2.24) is 9.46 Å². The molecule has 0 spiro atoms. The van der Waals surface area contributed by atoms with Crippen molar-refractivity contribution in [2.45, 2.75) is 44.0 Å². The third kappa shape index (κ3) is 2.46. The van der Waals surface area contributed by atoms with Crippen molar-refractivity contribution in [3.05, 3.63) is 47.3 Å². The molecule has 1 aliphatic rings. The van der Waals surface area contributed by atoms with Crippen molar-refractivity contribution in [3.8, 4) is 0 Å². The minimum atomic E-state index is -3.49. The van der Waals surface area contributed by atoms with Crippen LogP contribution in [0.25, 0.3) is 0 Å². The number of benzene rings is 1. The standard InChI is InChI=1S/C16H20N2O3S/c1-3-15-16(12(2)17-21-15)14-10-7-11-18(14)22(19,20)13-8-5-4-6-9-13/h4-6,8-9,14H,3,7,10-11H2,1-2H3/t14-/m0/s1. The Kier molecular flexibility index (Phi) is 4.06. The van der Waals surface area contributed by atoms with Crippen LogP contribution in [0.4, 0.5) is 0 Å². The number of hydrogen-bond acceptors (Lipinski definition) is 4. The van der Waals surface area contributed by atoms with E-state index < -0.39 is 10.0 Å². The van der Waals surface area contributed by atoms with Gasteiger partial charge in [0.1, 0.15) is 5.76 Å². The van der Waals surface area contributed by atoms with Gasteiger partial charge in [-0.25, -0.2) is 8.42 Å². The summed E-state index contributed by atoms with van der Waals surface area (Å²) < 4.78 is 32.8. The molecule has 1 aliphatic heterocycles. The highest BCUT2D eigenvalue weighted by atomic mass is 32.2. The largest absolute Gasteiger partial charge is 0.361 e. The van der Waals surface area contributed by atoms with E-state index in [4.69, 9.17) is 4.52 Å². The lowest BCUT2D eigenvalue weighted by atomic mass is 10.0. The quantitative estimate of drug-likeness (QED) is 0.868. The van der Waals surface area contributed by atoms with Crippen molar-refractivity contribution < 1.29 is 12.9 Å². The van der Waals surface area contributed by atoms with Crippen molar-refractivity contribution >= 4 is 10.0 Å². The lowest BCUT2D eigenvalue weighted by molar-refractivity contribution is 0.368. The molecule has 6 heteroatoms. The zero-order valence-corrected chi connectivity index (χ0v) is 13.6. The maximum atomic E-state index is 12.9. The SMILES string of the molecule is CCc1onc(C)c1[C@@H]1CCCN1S(=O)(=O)c1ccccc1. The first-order chi connectivity index (χ1) is 10.6. The van der Waals surface area contributed by atoms with Crippen LogP contribution in [0.2, 0.25) is 0 Å². The Morgan fingerprint density at radius 1 is 1.32 bits per heavy atom. The molecular formula is C16H20N2O3S. The zero-order valence-electron chi connectivity index (χ0n) is 12.8. The Labute approximate surface area is 131 Å².